The van der Waals surface area contributed by atoms with Gasteiger partial charge in [0.2, 0.25) is 5.91 Å². The van der Waals surface area contributed by atoms with Crippen LogP contribution in [-0.2, 0) is 4.79 Å². The second-order valence-electron chi connectivity index (χ2n) is 4.43. The number of anilines is 2. The lowest BCUT2D eigenvalue weighted by molar-refractivity contribution is -0.149. The summed E-state index contributed by atoms with van der Waals surface area (Å²) in [5, 5.41) is 2.36. The molecule has 0 radical (unpaired) electrons. The lowest BCUT2D eigenvalue weighted by atomic mass is 10.2. The van der Waals surface area contributed by atoms with Gasteiger partial charge in [-0.1, -0.05) is 0 Å². The lowest BCUT2D eigenvalue weighted by Crippen LogP contribution is -2.44. The molecular weight excluding hydrogens is 278 g/mol. The van der Waals surface area contributed by atoms with Gasteiger partial charge in [0.1, 0.15) is 5.82 Å². The number of hydrogen-bond acceptors (Lipinski definition) is 3. The van der Waals surface area contributed by atoms with Crippen LogP contribution in [0.25, 0.3) is 0 Å². The Morgan fingerprint density at radius 1 is 1.45 bits per heavy atom. The number of likely N-dealkylation sites (N-methyl/N-ethyl adjacent to an activating group) is 1. The van der Waals surface area contributed by atoms with E-state index in [1.165, 1.54) is 20.0 Å². The van der Waals surface area contributed by atoms with Gasteiger partial charge in [-0.05, 0) is 32.2 Å². The minimum Gasteiger partial charge on any atom is -0.397 e. The van der Waals surface area contributed by atoms with Gasteiger partial charge in [-0.3, -0.25) is 9.69 Å². The van der Waals surface area contributed by atoms with Gasteiger partial charge in [-0.15, -0.1) is 0 Å². The van der Waals surface area contributed by atoms with Gasteiger partial charge in [0.15, 0.2) is 0 Å². The molecule has 1 atom stereocenters. The van der Waals surface area contributed by atoms with E-state index in [0.717, 1.165) is 17.0 Å². The molecule has 112 valence electrons. The Hall–Kier alpha value is -1.83. The van der Waals surface area contributed by atoms with Crippen LogP contribution in [0.4, 0.5) is 28.9 Å². The van der Waals surface area contributed by atoms with Crippen molar-refractivity contribution >= 4 is 17.3 Å². The normalized spacial score (nSPS) is 13.3. The average Bonchev–Trinajstić information content (AvgIpc) is 2.29. The van der Waals surface area contributed by atoms with Gasteiger partial charge < -0.3 is 11.1 Å². The summed E-state index contributed by atoms with van der Waals surface area (Å²) in [4.78, 5) is 12.7. The Balaban J connectivity index is 2.70. The molecule has 1 amide bonds. The molecular formula is C12H15F4N3O. The first-order chi connectivity index (χ1) is 9.10. The summed E-state index contributed by atoms with van der Waals surface area (Å²) in [7, 11) is 1.19. The predicted octanol–water partition coefficient (Wildman–Crippen LogP) is 2.23. The number of carbonyl (C=O) groups excluding carboxylic acids is 1. The molecule has 3 N–H and O–H groups in total. The number of nitrogens with zero attached hydrogens (tertiary/aromatic N) is 1. The van der Waals surface area contributed by atoms with Crippen molar-refractivity contribution in [2.75, 3.05) is 24.6 Å². The predicted molar refractivity (Wildman–Crippen MR) is 67.6 cm³/mol. The van der Waals surface area contributed by atoms with Crippen LogP contribution < -0.4 is 11.1 Å². The van der Waals surface area contributed by atoms with Crippen molar-refractivity contribution in [1.82, 2.24) is 4.90 Å². The number of nitrogen functional groups attached to an aromatic ring is 1. The second-order valence-corrected chi connectivity index (χ2v) is 4.43. The number of carbonyl (C=O) groups is 1. The third-order valence-corrected chi connectivity index (χ3v) is 2.74. The molecule has 0 spiro atoms. The van der Waals surface area contributed by atoms with Gasteiger partial charge in [0.25, 0.3) is 0 Å². The number of alkyl halides is 3. The minimum atomic E-state index is -4.39. The van der Waals surface area contributed by atoms with Crippen molar-refractivity contribution in [3.8, 4) is 0 Å². The smallest absolute Gasteiger partial charge is 0.397 e. The summed E-state index contributed by atoms with van der Waals surface area (Å²) in [6.07, 6.45) is -4.39. The Morgan fingerprint density at radius 2 is 2.05 bits per heavy atom. The third kappa shape index (κ3) is 4.69. The summed E-state index contributed by atoms with van der Waals surface area (Å²) in [5.74, 6) is -1.22. The average molecular weight is 293 g/mol. The van der Waals surface area contributed by atoms with Crippen LogP contribution in [0.3, 0.4) is 0 Å². The van der Waals surface area contributed by atoms with E-state index in [1.54, 1.807) is 0 Å². The fourth-order valence-corrected chi connectivity index (χ4v) is 1.50. The highest BCUT2D eigenvalue weighted by Gasteiger charge is 2.32. The fourth-order valence-electron chi connectivity index (χ4n) is 1.50. The van der Waals surface area contributed by atoms with Gasteiger partial charge in [-0.2, -0.15) is 13.2 Å². The van der Waals surface area contributed by atoms with Crippen LogP contribution in [0, 0.1) is 5.82 Å². The number of benzene rings is 1. The number of nitrogens with one attached hydrogen (secondary N) is 1. The number of amides is 1. The highest BCUT2D eigenvalue weighted by atomic mass is 19.4. The molecule has 8 heteroatoms. The molecule has 4 nitrogen and oxygen atoms in total. The number of halogens is 4. The van der Waals surface area contributed by atoms with E-state index in [4.69, 9.17) is 5.73 Å². The van der Waals surface area contributed by atoms with Crippen molar-refractivity contribution in [2.45, 2.75) is 19.1 Å². The van der Waals surface area contributed by atoms with Crippen LogP contribution >= 0.6 is 0 Å². The van der Waals surface area contributed by atoms with Gasteiger partial charge in [-0.25, -0.2) is 4.39 Å². The molecule has 1 aromatic carbocycles. The zero-order valence-electron chi connectivity index (χ0n) is 11.0. The number of nitrogens with two attached hydrogens (primary N) is 1. The first kappa shape index (κ1) is 16.2. The highest BCUT2D eigenvalue weighted by Crippen LogP contribution is 2.20. The summed E-state index contributed by atoms with van der Waals surface area (Å²) in [6, 6.07) is 2.34. The van der Waals surface area contributed by atoms with Crippen LogP contribution in [0.2, 0.25) is 0 Å². The van der Waals surface area contributed by atoms with Crippen LogP contribution in [0.15, 0.2) is 18.2 Å². The lowest BCUT2D eigenvalue weighted by Gasteiger charge is -2.25. The van der Waals surface area contributed by atoms with Crippen molar-refractivity contribution in [1.29, 1.82) is 0 Å². The molecule has 0 bridgehead atoms. The summed E-state index contributed by atoms with van der Waals surface area (Å²) >= 11 is 0. The van der Waals surface area contributed by atoms with Crippen LogP contribution in [0.5, 0.6) is 0 Å². The van der Waals surface area contributed by atoms with Crippen molar-refractivity contribution in [2.24, 2.45) is 0 Å². The maximum absolute atomic E-state index is 12.8. The molecule has 0 saturated carbocycles. The highest BCUT2D eigenvalue weighted by molar-refractivity contribution is 5.97. The van der Waals surface area contributed by atoms with Crippen molar-refractivity contribution in [3.63, 3.8) is 0 Å². The molecule has 1 rings (SSSR count). The van der Waals surface area contributed by atoms with E-state index >= 15 is 0 Å². The molecule has 0 heterocycles. The monoisotopic (exact) mass is 293 g/mol. The van der Waals surface area contributed by atoms with Gasteiger partial charge in [0, 0.05) is 0 Å². The fraction of sp³-hybridized carbons (Fsp3) is 0.417. The zero-order valence-corrected chi connectivity index (χ0v) is 11.0. The maximum atomic E-state index is 12.8. The summed E-state index contributed by atoms with van der Waals surface area (Å²) in [6.45, 7) is 0.126. The van der Waals surface area contributed by atoms with Crippen molar-refractivity contribution in [3.05, 3.63) is 24.0 Å². The molecule has 0 saturated heterocycles. The molecule has 0 aromatic heterocycles. The van der Waals surface area contributed by atoms with E-state index < -0.39 is 30.5 Å². The van der Waals surface area contributed by atoms with Gasteiger partial charge in [0.05, 0.1) is 24.0 Å². The van der Waals surface area contributed by atoms with E-state index in [-0.39, 0.29) is 11.4 Å². The first-order valence-corrected chi connectivity index (χ1v) is 5.73. The SMILES string of the molecule is CC(C(=O)Nc1ccc(F)cc1N)N(C)CC(F)(F)F. The Bertz CT molecular complexity index is 490. The van der Waals surface area contributed by atoms with Crippen LogP contribution in [-0.4, -0.2) is 36.6 Å². The topological polar surface area (TPSA) is 58.4 Å². The molecule has 1 unspecified atom stereocenters. The quantitative estimate of drug-likeness (QED) is 0.661. The molecule has 20 heavy (non-hydrogen) atoms. The molecule has 0 aliphatic carbocycles. The van der Waals surface area contributed by atoms with Crippen LogP contribution in [0.1, 0.15) is 6.92 Å². The first-order valence-electron chi connectivity index (χ1n) is 5.73. The maximum Gasteiger partial charge on any atom is 0.401 e. The summed E-state index contributed by atoms with van der Waals surface area (Å²) in [5.41, 5.74) is 5.66. The largest absolute Gasteiger partial charge is 0.401 e. The number of hydrogen-bond donors (Lipinski definition) is 2. The molecule has 1 aromatic rings. The molecule has 0 aliphatic heterocycles. The van der Waals surface area contributed by atoms with Crippen molar-refractivity contribution < 1.29 is 22.4 Å². The standard InChI is InChI=1S/C12H15F4N3O/c1-7(19(2)6-12(14,15)16)11(20)18-10-4-3-8(13)5-9(10)17/h3-5,7H,6,17H2,1-2H3,(H,18,20). The van der Waals surface area contributed by atoms with E-state index in [9.17, 15) is 22.4 Å². The molecule has 0 fully saturated rings. The Kier molecular flexibility index (Phi) is 4.93. The van der Waals surface area contributed by atoms with Gasteiger partial charge >= 0.3 is 6.18 Å². The Morgan fingerprint density at radius 3 is 2.55 bits per heavy atom. The second kappa shape index (κ2) is 6.08. The molecule has 0 aliphatic rings. The third-order valence-electron chi connectivity index (χ3n) is 2.74. The van der Waals surface area contributed by atoms with E-state index in [1.807, 2.05) is 0 Å². The summed E-state index contributed by atoms with van der Waals surface area (Å²) < 4.78 is 49.5. The Labute approximate surface area is 113 Å². The minimum absolute atomic E-state index is 0.00373. The van der Waals surface area contributed by atoms with E-state index in [2.05, 4.69) is 5.32 Å². The van der Waals surface area contributed by atoms with E-state index in [0.29, 0.717) is 0 Å². The zero-order chi connectivity index (χ0) is 15.5. The number of rotatable bonds is 4.